The van der Waals surface area contributed by atoms with Crippen LogP contribution in [0.1, 0.15) is 30.0 Å². The Morgan fingerprint density at radius 2 is 1.79 bits per heavy atom. The number of carbonyl (C=O) groups is 2. The van der Waals surface area contributed by atoms with Crippen LogP contribution in [0.25, 0.3) is 10.8 Å². The minimum Gasteiger partial charge on any atom is -0.505 e. The number of hydrogen-bond acceptors (Lipinski definition) is 6. The lowest BCUT2D eigenvalue weighted by Gasteiger charge is -2.18. The Morgan fingerprint density at radius 3 is 2.45 bits per heavy atom. The van der Waals surface area contributed by atoms with Crippen LogP contribution in [0.5, 0.6) is 17.2 Å². The molecule has 0 atom stereocenters. The third-order valence-corrected chi connectivity index (χ3v) is 4.40. The van der Waals surface area contributed by atoms with E-state index in [0.29, 0.717) is 28.0 Å². The molecule has 1 aromatic heterocycles. The van der Waals surface area contributed by atoms with Gasteiger partial charge in [0.1, 0.15) is 11.5 Å². The van der Waals surface area contributed by atoms with Crippen molar-refractivity contribution in [2.45, 2.75) is 20.4 Å². The molecule has 3 aromatic rings. The molecular weight excluding hydrogens is 372 g/mol. The fraction of sp³-hybridized carbons (Fsp3) is 0.227. The number of aromatic hydroxyl groups is 1. The first-order valence-corrected chi connectivity index (χ1v) is 9.18. The zero-order chi connectivity index (χ0) is 21.0. The van der Waals surface area contributed by atoms with Gasteiger partial charge in [-0.05, 0) is 37.3 Å². The molecule has 7 nitrogen and oxygen atoms in total. The third kappa shape index (κ3) is 4.45. The summed E-state index contributed by atoms with van der Waals surface area (Å²) in [6, 6.07) is 14.4. The summed E-state index contributed by atoms with van der Waals surface area (Å²) in [5, 5.41) is 11.6. The van der Waals surface area contributed by atoms with Crippen molar-refractivity contribution in [2.75, 3.05) is 13.7 Å². The average molecular weight is 394 g/mol. The minimum atomic E-state index is -0.719. The molecule has 0 aliphatic heterocycles. The van der Waals surface area contributed by atoms with Crippen LogP contribution in [0.15, 0.2) is 48.5 Å². The van der Waals surface area contributed by atoms with Crippen LogP contribution in [-0.2, 0) is 16.1 Å². The van der Waals surface area contributed by atoms with Gasteiger partial charge in [-0.15, -0.1) is 0 Å². The van der Waals surface area contributed by atoms with E-state index in [1.165, 1.54) is 11.8 Å². The van der Waals surface area contributed by atoms with Gasteiger partial charge in [0, 0.05) is 24.7 Å². The molecule has 0 radical (unpaired) electrons. The lowest BCUT2D eigenvalue weighted by molar-refractivity contribution is -0.128. The summed E-state index contributed by atoms with van der Waals surface area (Å²) in [5.41, 5.74) is 0.278. The maximum atomic E-state index is 12.2. The molecular formula is C22H22N2O5. The molecule has 1 heterocycles. The summed E-state index contributed by atoms with van der Waals surface area (Å²) in [5.74, 6) is 0.0691. The molecule has 0 aliphatic carbocycles. The normalized spacial score (nSPS) is 10.6. The van der Waals surface area contributed by atoms with E-state index in [1.807, 2.05) is 30.3 Å². The van der Waals surface area contributed by atoms with Gasteiger partial charge < -0.3 is 19.5 Å². The van der Waals surface area contributed by atoms with E-state index in [4.69, 9.17) is 9.47 Å². The van der Waals surface area contributed by atoms with Crippen LogP contribution in [0, 0.1) is 0 Å². The number of para-hydroxylation sites is 1. The van der Waals surface area contributed by atoms with Gasteiger partial charge in [0.2, 0.25) is 5.91 Å². The van der Waals surface area contributed by atoms with Crippen molar-refractivity contribution in [3.8, 4) is 17.2 Å². The molecule has 2 aromatic carbocycles. The predicted octanol–water partition coefficient (Wildman–Crippen LogP) is 3.89. The first-order chi connectivity index (χ1) is 13.9. The maximum absolute atomic E-state index is 12.2. The average Bonchev–Trinajstić information content (AvgIpc) is 2.70. The van der Waals surface area contributed by atoms with Gasteiger partial charge in [0.05, 0.1) is 18.8 Å². The fourth-order valence-corrected chi connectivity index (χ4v) is 2.83. The smallest absolute Gasteiger partial charge is 0.360 e. The monoisotopic (exact) mass is 394 g/mol. The number of amides is 1. The van der Waals surface area contributed by atoms with Crippen molar-refractivity contribution in [2.24, 2.45) is 0 Å². The molecule has 0 aliphatic rings. The number of pyridine rings is 1. The van der Waals surface area contributed by atoms with Crippen molar-refractivity contribution in [1.29, 1.82) is 0 Å². The van der Waals surface area contributed by atoms with E-state index < -0.39 is 5.97 Å². The number of nitrogens with zero attached hydrogens (tertiary/aromatic N) is 2. The molecule has 0 saturated carbocycles. The molecule has 0 bridgehead atoms. The molecule has 1 amide bonds. The van der Waals surface area contributed by atoms with Crippen molar-refractivity contribution >= 4 is 22.6 Å². The highest BCUT2D eigenvalue weighted by Crippen LogP contribution is 2.34. The second-order valence-corrected chi connectivity index (χ2v) is 6.47. The molecule has 0 saturated heterocycles. The summed E-state index contributed by atoms with van der Waals surface area (Å²) < 4.78 is 10.9. The van der Waals surface area contributed by atoms with Crippen molar-refractivity contribution in [1.82, 2.24) is 9.88 Å². The van der Waals surface area contributed by atoms with E-state index in [0.717, 1.165) is 0 Å². The quantitative estimate of drug-likeness (QED) is 0.638. The van der Waals surface area contributed by atoms with Crippen LogP contribution >= 0.6 is 0 Å². The molecule has 7 heteroatoms. The Labute approximate surface area is 168 Å². The third-order valence-electron chi connectivity index (χ3n) is 4.40. The summed E-state index contributed by atoms with van der Waals surface area (Å²) in [4.78, 5) is 29.7. The fourth-order valence-electron chi connectivity index (χ4n) is 2.83. The van der Waals surface area contributed by atoms with E-state index >= 15 is 0 Å². The van der Waals surface area contributed by atoms with E-state index in [-0.39, 0.29) is 30.5 Å². The first-order valence-electron chi connectivity index (χ1n) is 9.18. The maximum Gasteiger partial charge on any atom is 0.360 e. The van der Waals surface area contributed by atoms with Crippen LogP contribution in [0.2, 0.25) is 0 Å². The van der Waals surface area contributed by atoms with E-state index in [1.54, 1.807) is 32.2 Å². The summed E-state index contributed by atoms with van der Waals surface area (Å²) in [6.45, 7) is 3.43. The SMILES string of the molecule is CCOC(=O)c1nc(CN(C)C(C)=O)c2cc(Oc3ccccc3)ccc2c1O. The topological polar surface area (TPSA) is 89.0 Å². The van der Waals surface area contributed by atoms with Gasteiger partial charge >= 0.3 is 5.97 Å². The number of rotatable bonds is 6. The Morgan fingerprint density at radius 1 is 1.07 bits per heavy atom. The molecule has 0 fully saturated rings. The Bertz CT molecular complexity index is 1050. The molecule has 1 N–H and O–H groups in total. The van der Waals surface area contributed by atoms with Crippen molar-refractivity contribution < 1.29 is 24.2 Å². The number of esters is 1. The number of fused-ring (bicyclic) bond motifs is 1. The van der Waals surface area contributed by atoms with E-state index in [9.17, 15) is 14.7 Å². The van der Waals surface area contributed by atoms with Gasteiger partial charge in [-0.1, -0.05) is 18.2 Å². The van der Waals surface area contributed by atoms with Crippen LogP contribution < -0.4 is 4.74 Å². The second-order valence-electron chi connectivity index (χ2n) is 6.47. The number of carbonyl (C=O) groups excluding carboxylic acids is 2. The molecule has 0 unspecified atom stereocenters. The zero-order valence-electron chi connectivity index (χ0n) is 16.5. The Balaban J connectivity index is 2.12. The Hall–Kier alpha value is -3.61. The number of benzene rings is 2. The van der Waals surface area contributed by atoms with Gasteiger partial charge in [0.15, 0.2) is 11.4 Å². The summed E-state index contributed by atoms with van der Waals surface area (Å²) in [7, 11) is 1.64. The van der Waals surface area contributed by atoms with Gasteiger partial charge in [-0.2, -0.15) is 0 Å². The van der Waals surface area contributed by atoms with Crippen LogP contribution in [0.3, 0.4) is 0 Å². The molecule has 150 valence electrons. The van der Waals surface area contributed by atoms with Gasteiger partial charge in [-0.3, -0.25) is 4.79 Å². The Kier molecular flexibility index (Phi) is 5.97. The highest BCUT2D eigenvalue weighted by atomic mass is 16.5. The molecule has 3 rings (SSSR count). The summed E-state index contributed by atoms with van der Waals surface area (Å²) in [6.07, 6.45) is 0. The zero-order valence-corrected chi connectivity index (χ0v) is 16.5. The highest BCUT2D eigenvalue weighted by molar-refractivity contribution is 6.00. The van der Waals surface area contributed by atoms with Crippen molar-refractivity contribution in [3.05, 3.63) is 59.9 Å². The van der Waals surface area contributed by atoms with Crippen LogP contribution in [-0.4, -0.2) is 40.5 Å². The van der Waals surface area contributed by atoms with Crippen molar-refractivity contribution in [3.63, 3.8) is 0 Å². The second kappa shape index (κ2) is 8.60. The van der Waals surface area contributed by atoms with Gasteiger partial charge in [0.25, 0.3) is 0 Å². The van der Waals surface area contributed by atoms with E-state index in [2.05, 4.69) is 4.98 Å². The lowest BCUT2D eigenvalue weighted by atomic mass is 10.1. The minimum absolute atomic E-state index is 0.151. The lowest BCUT2D eigenvalue weighted by Crippen LogP contribution is -2.24. The molecule has 0 spiro atoms. The number of ether oxygens (including phenoxy) is 2. The standard InChI is InChI=1S/C22H22N2O5/c1-4-28-22(27)20-21(26)17-11-10-16(29-15-8-6-5-7-9-15)12-18(17)19(23-20)13-24(3)14(2)25/h5-12,26H,4,13H2,1-3H3. The number of hydrogen-bond donors (Lipinski definition) is 1. The first kappa shape index (κ1) is 20.1. The van der Waals surface area contributed by atoms with Crippen LogP contribution in [0.4, 0.5) is 0 Å². The molecule has 29 heavy (non-hydrogen) atoms. The highest BCUT2D eigenvalue weighted by Gasteiger charge is 2.21. The number of aromatic nitrogens is 1. The summed E-state index contributed by atoms with van der Waals surface area (Å²) >= 11 is 0. The van der Waals surface area contributed by atoms with Gasteiger partial charge in [-0.25, -0.2) is 9.78 Å². The largest absolute Gasteiger partial charge is 0.505 e. The predicted molar refractivity (Wildman–Crippen MR) is 108 cm³/mol.